The number of aryl methyl sites for hydroxylation is 2. The molecule has 0 aliphatic carbocycles. The normalized spacial score (nSPS) is 10.9. The molecule has 0 radical (unpaired) electrons. The number of H-pyrrole nitrogens is 1. The highest BCUT2D eigenvalue weighted by atomic mass is 16.2. The highest BCUT2D eigenvalue weighted by Gasteiger charge is 2.18. The van der Waals surface area contributed by atoms with E-state index in [2.05, 4.69) is 9.97 Å². The van der Waals surface area contributed by atoms with E-state index in [0.717, 1.165) is 16.0 Å². The average Bonchev–Trinajstić information content (AvgIpc) is 2.64. The van der Waals surface area contributed by atoms with Crippen LogP contribution >= 0.6 is 0 Å². The fourth-order valence-corrected chi connectivity index (χ4v) is 1.75. The van der Waals surface area contributed by atoms with Gasteiger partial charge < -0.3 is 10.7 Å². The van der Waals surface area contributed by atoms with E-state index in [1.165, 1.54) is 18.7 Å². The Kier molecular flexibility index (Phi) is 2.61. The molecule has 2 aromatic heterocycles. The smallest absolute Gasteiger partial charge is 0.332 e. The number of aromatic amines is 1. The van der Waals surface area contributed by atoms with Gasteiger partial charge in [-0.3, -0.25) is 13.9 Å². The second-order valence-corrected chi connectivity index (χ2v) is 4.26. The largest absolute Gasteiger partial charge is 0.384 e. The van der Waals surface area contributed by atoms with Gasteiger partial charge in [0.25, 0.3) is 5.56 Å². The van der Waals surface area contributed by atoms with E-state index in [9.17, 15) is 9.59 Å². The van der Waals surface area contributed by atoms with Gasteiger partial charge in [0.15, 0.2) is 0 Å². The number of nitrogens with two attached hydrogens (primary N) is 1. The van der Waals surface area contributed by atoms with Crippen molar-refractivity contribution in [3.63, 3.8) is 0 Å². The van der Waals surface area contributed by atoms with Gasteiger partial charge in [-0.15, -0.1) is 0 Å². The van der Waals surface area contributed by atoms with Gasteiger partial charge in [0.05, 0.1) is 5.69 Å². The predicted octanol–water partition coefficient (Wildman–Crippen LogP) is -0.327. The molecule has 2 aromatic rings. The van der Waals surface area contributed by atoms with Crippen LogP contribution in [0.25, 0.3) is 11.4 Å². The fourth-order valence-electron chi connectivity index (χ4n) is 1.75. The van der Waals surface area contributed by atoms with E-state index < -0.39 is 11.2 Å². The average molecular weight is 249 g/mol. The fraction of sp³-hybridized carbons (Fsp3) is 0.364. The predicted molar refractivity (Wildman–Crippen MR) is 68.4 cm³/mol. The lowest BCUT2D eigenvalue weighted by atomic mass is 10.3. The molecular weight excluding hydrogens is 234 g/mol. The van der Waals surface area contributed by atoms with Crippen molar-refractivity contribution in [2.75, 3.05) is 5.73 Å². The molecule has 96 valence electrons. The molecule has 0 saturated heterocycles. The Bertz CT molecular complexity index is 716. The monoisotopic (exact) mass is 249 g/mol. The quantitative estimate of drug-likeness (QED) is 0.723. The molecular formula is C11H15N5O2. The summed E-state index contributed by atoms with van der Waals surface area (Å²) in [7, 11) is 2.93. The Morgan fingerprint density at radius 3 is 2.28 bits per heavy atom. The van der Waals surface area contributed by atoms with Crippen LogP contribution in [-0.2, 0) is 14.1 Å². The first-order valence-corrected chi connectivity index (χ1v) is 5.43. The van der Waals surface area contributed by atoms with Crippen molar-refractivity contribution >= 4 is 5.82 Å². The molecule has 0 fully saturated rings. The van der Waals surface area contributed by atoms with E-state index in [1.807, 2.05) is 13.8 Å². The Hall–Kier alpha value is -2.31. The van der Waals surface area contributed by atoms with Crippen LogP contribution < -0.4 is 17.0 Å². The third-order valence-corrected chi connectivity index (χ3v) is 3.07. The second kappa shape index (κ2) is 3.86. The van der Waals surface area contributed by atoms with Crippen LogP contribution in [0.2, 0.25) is 0 Å². The summed E-state index contributed by atoms with van der Waals surface area (Å²) >= 11 is 0. The SMILES string of the molecule is Cc1nc(-c2c(N)n(C)c(=O)n(C)c2=O)[nH]c1C. The molecule has 3 N–H and O–H groups in total. The summed E-state index contributed by atoms with van der Waals surface area (Å²) in [5, 5.41) is 0. The summed E-state index contributed by atoms with van der Waals surface area (Å²) in [6.07, 6.45) is 0. The van der Waals surface area contributed by atoms with Crippen molar-refractivity contribution in [2.24, 2.45) is 14.1 Å². The first-order chi connectivity index (χ1) is 8.34. The van der Waals surface area contributed by atoms with E-state index in [4.69, 9.17) is 5.73 Å². The zero-order valence-electron chi connectivity index (χ0n) is 10.7. The number of hydrogen-bond acceptors (Lipinski definition) is 4. The lowest BCUT2D eigenvalue weighted by Gasteiger charge is -2.09. The van der Waals surface area contributed by atoms with Gasteiger partial charge in [0.1, 0.15) is 17.2 Å². The van der Waals surface area contributed by atoms with Gasteiger partial charge in [0.2, 0.25) is 0 Å². The molecule has 0 saturated carbocycles. The number of hydrogen-bond donors (Lipinski definition) is 2. The number of nitrogens with zero attached hydrogens (tertiary/aromatic N) is 3. The maximum atomic E-state index is 12.1. The molecule has 7 heteroatoms. The molecule has 0 spiro atoms. The van der Waals surface area contributed by atoms with Crippen LogP contribution in [0, 0.1) is 13.8 Å². The minimum Gasteiger partial charge on any atom is -0.384 e. The highest BCUT2D eigenvalue weighted by Crippen LogP contribution is 2.18. The van der Waals surface area contributed by atoms with E-state index in [-0.39, 0.29) is 11.4 Å². The van der Waals surface area contributed by atoms with Crippen molar-refractivity contribution in [1.82, 2.24) is 19.1 Å². The van der Waals surface area contributed by atoms with E-state index in [1.54, 1.807) is 0 Å². The number of imidazole rings is 1. The standard InChI is InChI=1S/C11H15N5O2/c1-5-6(2)14-9(13-5)7-8(12)15(3)11(18)16(4)10(7)17/h12H2,1-4H3,(H,13,14). The molecule has 0 aromatic carbocycles. The topological polar surface area (TPSA) is 98.7 Å². The van der Waals surface area contributed by atoms with Crippen LogP contribution in [0.3, 0.4) is 0 Å². The molecule has 0 unspecified atom stereocenters. The van der Waals surface area contributed by atoms with Crippen molar-refractivity contribution in [3.8, 4) is 11.4 Å². The summed E-state index contributed by atoms with van der Waals surface area (Å²) in [4.78, 5) is 31.0. The van der Waals surface area contributed by atoms with Crippen molar-refractivity contribution in [3.05, 3.63) is 32.2 Å². The Labute approximate surface area is 103 Å². The third-order valence-electron chi connectivity index (χ3n) is 3.07. The van der Waals surface area contributed by atoms with E-state index in [0.29, 0.717) is 5.82 Å². The van der Waals surface area contributed by atoms with Crippen LogP contribution in [0.5, 0.6) is 0 Å². The summed E-state index contributed by atoms with van der Waals surface area (Å²) in [6.45, 7) is 3.69. The van der Waals surface area contributed by atoms with Gasteiger partial charge in [-0.05, 0) is 13.8 Å². The maximum Gasteiger partial charge on any atom is 0.332 e. The first-order valence-electron chi connectivity index (χ1n) is 5.43. The lowest BCUT2D eigenvalue weighted by Crippen LogP contribution is -2.39. The molecule has 2 heterocycles. The molecule has 0 amide bonds. The molecule has 0 aliphatic heterocycles. The summed E-state index contributed by atoms with van der Waals surface area (Å²) in [5.74, 6) is 0.496. The van der Waals surface area contributed by atoms with Crippen LogP contribution in [0.15, 0.2) is 9.59 Å². The van der Waals surface area contributed by atoms with Crippen molar-refractivity contribution in [2.45, 2.75) is 13.8 Å². The zero-order valence-corrected chi connectivity index (χ0v) is 10.7. The Morgan fingerprint density at radius 2 is 1.78 bits per heavy atom. The molecule has 2 rings (SSSR count). The van der Waals surface area contributed by atoms with Gasteiger partial charge in [-0.2, -0.15) is 0 Å². The van der Waals surface area contributed by atoms with Gasteiger partial charge in [0, 0.05) is 19.8 Å². The number of anilines is 1. The molecule has 7 nitrogen and oxygen atoms in total. The molecule has 0 aliphatic rings. The lowest BCUT2D eigenvalue weighted by molar-refractivity contribution is 0.695. The molecule has 0 atom stereocenters. The van der Waals surface area contributed by atoms with E-state index >= 15 is 0 Å². The highest BCUT2D eigenvalue weighted by molar-refractivity contribution is 5.67. The third kappa shape index (κ3) is 1.55. The summed E-state index contributed by atoms with van der Waals surface area (Å²) in [5.41, 5.74) is 6.79. The Morgan fingerprint density at radius 1 is 1.17 bits per heavy atom. The second-order valence-electron chi connectivity index (χ2n) is 4.26. The van der Waals surface area contributed by atoms with Gasteiger partial charge >= 0.3 is 5.69 Å². The van der Waals surface area contributed by atoms with Crippen LogP contribution in [0.1, 0.15) is 11.4 Å². The van der Waals surface area contributed by atoms with Gasteiger partial charge in [-0.1, -0.05) is 0 Å². The van der Waals surface area contributed by atoms with Gasteiger partial charge in [-0.25, -0.2) is 9.78 Å². The minimum absolute atomic E-state index is 0.108. The van der Waals surface area contributed by atoms with Crippen molar-refractivity contribution < 1.29 is 0 Å². The summed E-state index contributed by atoms with van der Waals surface area (Å²) < 4.78 is 2.24. The zero-order chi connectivity index (χ0) is 13.6. The number of nitrogens with one attached hydrogen (secondary N) is 1. The Balaban J connectivity index is 2.88. The maximum absolute atomic E-state index is 12.1. The number of rotatable bonds is 1. The first kappa shape index (κ1) is 12.2. The minimum atomic E-state index is -0.457. The van der Waals surface area contributed by atoms with Crippen LogP contribution in [0.4, 0.5) is 5.82 Å². The molecule has 18 heavy (non-hydrogen) atoms. The molecule has 0 bridgehead atoms. The van der Waals surface area contributed by atoms with Crippen molar-refractivity contribution in [1.29, 1.82) is 0 Å². The summed E-state index contributed by atoms with van der Waals surface area (Å²) in [6, 6.07) is 0. The van der Waals surface area contributed by atoms with Crippen LogP contribution in [-0.4, -0.2) is 19.1 Å². The number of aromatic nitrogens is 4. The number of nitrogen functional groups attached to an aromatic ring is 1.